The second-order valence-corrected chi connectivity index (χ2v) is 4.29. The predicted octanol–water partition coefficient (Wildman–Crippen LogP) is 2.49. The molecule has 1 aromatic heterocycles. The number of hydrogen-bond acceptors (Lipinski definition) is 3. The summed E-state index contributed by atoms with van der Waals surface area (Å²) in [6.45, 7) is 14.9. The Hall–Kier alpha value is -0.290. The molecule has 0 radical (unpaired) electrons. The summed E-state index contributed by atoms with van der Waals surface area (Å²) >= 11 is 0. The van der Waals surface area contributed by atoms with E-state index in [9.17, 15) is 0 Å². The monoisotopic (exact) mass is 310 g/mol. The minimum absolute atomic E-state index is 0. The third kappa shape index (κ3) is 6.61. The number of likely N-dealkylation sites (N-methyl/N-ethyl adjacent to an activating group) is 1. The Morgan fingerprint density at radius 3 is 2.37 bits per heavy atom. The van der Waals surface area contributed by atoms with E-state index in [0.717, 1.165) is 39.3 Å². The molecule has 1 N–H and O–H groups in total. The third-order valence-electron chi connectivity index (χ3n) is 3.25. The Balaban J connectivity index is 0. The van der Waals surface area contributed by atoms with Gasteiger partial charge in [-0.15, -0.1) is 24.8 Å². The molecule has 1 aromatic rings. The average Bonchev–Trinajstić information content (AvgIpc) is 2.70. The third-order valence-corrected chi connectivity index (χ3v) is 3.25. The van der Waals surface area contributed by atoms with Crippen LogP contribution in [0.15, 0.2) is 6.20 Å². The number of rotatable bonds is 8. The van der Waals surface area contributed by atoms with Crippen LogP contribution in [0.4, 0.5) is 0 Å². The molecule has 0 saturated carbocycles. The summed E-state index contributed by atoms with van der Waals surface area (Å²) in [6.07, 6.45) is 1.95. The molecule has 0 bridgehead atoms. The molecule has 6 heteroatoms. The summed E-state index contributed by atoms with van der Waals surface area (Å²) < 4.78 is 2.07. The van der Waals surface area contributed by atoms with Crippen molar-refractivity contribution in [3.63, 3.8) is 0 Å². The van der Waals surface area contributed by atoms with E-state index < -0.39 is 0 Å². The molecule has 0 spiro atoms. The number of aromatic nitrogens is 2. The molecule has 0 aliphatic rings. The highest BCUT2D eigenvalue weighted by Crippen LogP contribution is 2.06. The van der Waals surface area contributed by atoms with Crippen LogP contribution in [-0.4, -0.2) is 40.9 Å². The standard InChI is InChI=1S/C13H26N4.2ClH/c1-5-16(6-2)9-8-14-11-13-12(4)10-15-17(13)7-3;;/h10,14H,5-9,11H2,1-4H3;2*1H. The molecule has 0 amide bonds. The molecule has 114 valence electrons. The van der Waals surface area contributed by atoms with Gasteiger partial charge in [0.2, 0.25) is 0 Å². The van der Waals surface area contributed by atoms with E-state index in [2.05, 4.69) is 47.7 Å². The van der Waals surface area contributed by atoms with Crippen molar-refractivity contribution in [3.05, 3.63) is 17.5 Å². The Kier molecular flexibility index (Phi) is 12.8. The fourth-order valence-electron chi connectivity index (χ4n) is 1.99. The molecule has 0 aliphatic carbocycles. The van der Waals surface area contributed by atoms with E-state index in [0.29, 0.717) is 0 Å². The fraction of sp³-hybridized carbons (Fsp3) is 0.769. The van der Waals surface area contributed by atoms with Crippen LogP contribution >= 0.6 is 24.8 Å². The van der Waals surface area contributed by atoms with Crippen molar-refractivity contribution in [1.29, 1.82) is 0 Å². The highest BCUT2D eigenvalue weighted by Gasteiger charge is 2.05. The number of aryl methyl sites for hydroxylation is 2. The van der Waals surface area contributed by atoms with Gasteiger partial charge in [-0.2, -0.15) is 5.10 Å². The first kappa shape index (κ1) is 21.0. The SMILES string of the molecule is CCN(CC)CCNCc1c(C)cnn1CC.Cl.Cl. The van der Waals surface area contributed by atoms with Crippen LogP contribution in [0.1, 0.15) is 32.0 Å². The molecule has 0 aliphatic heterocycles. The summed E-state index contributed by atoms with van der Waals surface area (Å²) in [5, 5.41) is 7.85. The van der Waals surface area contributed by atoms with Gasteiger partial charge >= 0.3 is 0 Å². The number of halogens is 2. The number of hydrogen-bond donors (Lipinski definition) is 1. The van der Waals surface area contributed by atoms with Gasteiger partial charge < -0.3 is 10.2 Å². The van der Waals surface area contributed by atoms with E-state index in [1.807, 2.05) is 6.20 Å². The van der Waals surface area contributed by atoms with E-state index in [1.165, 1.54) is 11.3 Å². The lowest BCUT2D eigenvalue weighted by molar-refractivity contribution is 0.301. The van der Waals surface area contributed by atoms with Crippen LogP contribution in [0.5, 0.6) is 0 Å². The van der Waals surface area contributed by atoms with E-state index in [-0.39, 0.29) is 24.8 Å². The lowest BCUT2D eigenvalue weighted by Crippen LogP contribution is -2.32. The minimum atomic E-state index is 0. The van der Waals surface area contributed by atoms with Crippen molar-refractivity contribution in [2.75, 3.05) is 26.2 Å². The average molecular weight is 311 g/mol. The lowest BCUT2D eigenvalue weighted by atomic mass is 10.2. The largest absolute Gasteiger partial charge is 0.310 e. The van der Waals surface area contributed by atoms with Gasteiger partial charge in [0.1, 0.15) is 0 Å². The van der Waals surface area contributed by atoms with Gasteiger partial charge in [0.05, 0.1) is 11.9 Å². The zero-order valence-corrected chi connectivity index (χ0v) is 14.1. The molecular weight excluding hydrogens is 283 g/mol. The van der Waals surface area contributed by atoms with Gasteiger partial charge in [0, 0.05) is 26.2 Å². The summed E-state index contributed by atoms with van der Waals surface area (Å²) in [4.78, 5) is 2.43. The molecule has 0 atom stereocenters. The fourth-order valence-corrected chi connectivity index (χ4v) is 1.99. The summed E-state index contributed by atoms with van der Waals surface area (Å²) in [6, 6.07) is 0. The van der Waals surface area contributed by atoms with E-state index >= 15 is 0 Å². The zero-order chi connectivity index (χ0) is 12.7. The van der Waals surface area contributed by atoms with Crippen molar-refractivity contribution >= 4 is 24.8 Å². The first-order chi connectivity index (χ1) is 8.22. The van der Waals surface area contributed by atoms with E-state index in [1.54, 1.807) is 0 Å². The molecule has 4 nitrogen and oxygen atoms in total. The van der Waals surface area contributed by atoms with Crippen molar-refractivity contribution in [2.24, 2.45) is 0 Å². The maximum Gasteiger partial charge on any atom is 0.0551 e. The molecule has 0 fully saturated rings. The van der Waals surface area contributed by atoms with Crippen molar-refractivity contribution in [1.82, 2.24) is 20.0 Å². The maximum atomic E-state index is 4.35. The van der Waals surface area contributed by atoms with Crippen LogP contribution < -0.4 is 5.32 Å². The van der Waals surface area contributed by atoms with Crippen molar-refractivity contribution < 1.29 is 0 Å². The van der Waals surface area contributed by atoms with E-state index in [4.69, 9.17) is 0 Å². The predicted molar refractivity (Wildman–Crippen MR) is 86.6 cm³/mol. The summed E-state index contributed by atoms with van der Waals surface area (Å²) in [5.41, 5.74) is 2.59. The van der Waals surface area contributed by atoms with Gasteiger partial charge in [-0.3, -0.25) is 4.68 Å². The first-order valence-electron chi connectivity index (χ1n) is 6.67. The van der Waals surface area contributed by atoms with Gasteiger partial charge in [-0.1, -0.05) is 13.8 Å². The highest BCUT2D eigenvalue weighted by molar-refractivity contribution is 5.85. The molecule has 19 heavy (non-hydrogen) atoms. The zero-order valence-electron chi connectivity index (χ0n) is 12.5. The second kappa shape index (κ2) is 11.5. The molecule has 0 saturated heterocycles. The molecule has 0 unspecified atom stereocenters. The smallest absolute Gasteiger partial charge is 0.0551 e. The van der Waals surface area contributed by atoms with Gasteiger partial charge in [0.15, 0.2) is 0 Å². The Morgan fingerprint density at radius 1 is 1.21 bits per heavy atom. The molecule has 0 aromatic carbocycles. The summed E-state index contributed by atoms with van der Waals surface area (Å²) in [5.74, 6) is 0. The van der Waals surface area contributed by atoms with Crippen LogP contribution in [0.2, 0.25) is 0 Å². The van der Waals surface area contributed by atoms with Crippen molar-refractivity contribution in [2.45, 2.75) is 40.8 Å². The number of nitrogens with one attached hydrogen (secondary N) is 1. The lowest BCUT2D eigenvalue weighted by Gasteiger charge is -2.18. The molecule has 1 heterocycles. The summed E-state index contributed by atoms with van der Waals surface area (Å²) in [7, 11) is 0. The maximum absolute atomic E-state index is 4.35. The Morgan fingerprint density at radius 2 is 1.84 bits per heavy atom. The first-order valence-corrected chi connectivity index (χ1v) is 6.67. The second-order valence-electron chi connectivity index (χ2n) is 4.29. The Labute approximate surface area is 129 Å². The molecular formula is C13H28Cl2N4. The van der Waals surface area contributed by atoms with Crippen LogP contribution in [-0.2, 0) is 13.1 Å². The van der Waals surface area contributed by atoms with Gasteiger partial charge in [-0.25, -0.2) is 0 Å². The molecule has 1 rings (SSSR count). The normalized spacial score (nSPS) is 10.2. The van der Waals surface area contributed by atoms with Gasteiger partial charge in [-0.05, 0) is 32.5 Å². The quantitative estimate of drug-likeness (QED) is 0.749. The van der Waals surface area contributed by atoms with Crippen molar-refractivity contribution in [3.8, 4) is 0 Å². The topological polar surface area (TPSA) is 33.1 Å². The van der Waals surface area contributed by atoms with Crippen LogP contribution in [0.3, 0.4) is 0 Å². The van der Waals surface area contributed by atoms with Crippen LogP contribution in [0.25, 0.3) is 0 Å². The van der Waals surface area contributed by atoms with Crippen LogP contribution in [0, 0.1) is 6.92 Å². The number of nitrogens with zero attached hydrogens (tertiary/aromatic N) is 3. The highest BCUT2D eigenvalue weighted by atomic mass is 35.5. The Bertz CT molecular complexity index is 324. The van der Waals surface area contributed by atoms with Gasteiger partial charge in [0.25, 0.3) is 0 Å². The minimum Gasteiger partial charge on any atom is -0.310 e.